The molecule has 6 heteroatoms. The van der Waals surface area contributed by atoms with E-state index in [9.17, 15) is 0 Å². The number of hydrogen-bond donors (Lipinski definition) is 1. The molecule has 0 saturated carbocycles. The summed E-state index contributed by atoms with van der Waals surface area (Å²) in [5.41, 5.74) is 0.979. The second kappa shape index (κ2) is 6.11. The molecule has 2 unspecified atom stereocenters. The average molecular weight is 273 g/mol. The molecule has 6 nitrogen and oxygen atoms in total. The summed E-state index contributed by atoms with van der Waals surface area (Å²) in [5, 5.41) is 15.3. The topological polar surface area (TPSA) is 64.9 Å². The summed E-state index contributed by atoms with van der Waals surface area (Å²) in [5.74, 6) is 1.40. The molecule has 0 amide bonds. The van der Waals surface area contributed by atoms with Gasteiger partial charge in [0.15, 0.2) is 5.82 Å². The predicted octanol–water partition coefficient (Wildman–Crippen LogP) is 1.18. The zero-order valence-electron chi connectivity index (χ0n) is 11.6. The summed E-state index contributed by atoms with van der Waals surface area (Å²) in [7, 11) is 0. The van der Waals surface area contributed by atoms with Crippen molar-refractivity contribution in [3.8, 4) is 5.69 Å². The molecule has 1 N–H and O–H groups in total. The molecule has 1 aliphatic rings. The minimum absolute atomic E-state index is 0.340. The second-order valence-corrected chi connectivity index (χ2v) is 5.10. The van der Waals surface area contributed by atoms with Crippen LogP contribution >= 0.6 is 0 Å². The smallest absolute Gasteiger partial charge is 0.170 e. The van der Waals surface area contributed by atoms with Crippen molar-refractivity contribution in [1.82, 2.24) is 25.5 Å². The Morgan fingerprint density at radius 2 is 2.20 bits per heavy atom. The lowest BCUT2D eigenvalue weighted by Gasteiger charge is -2.14. The number of rotatable bonds is 5. The Labute approximate surface area is 118 Å². The van der Waals surface area contributed by atoms with E-state index >= 15 is 0 Å². The lowest BCUT2D eigenvalue weighted by molar-refractivity contribution is 0.105. The van der Waals surface area contributed by atoms with Gasteiger partial charge in [-0.1, -0.05) is 18.2 Å². The molecular formula is C14H19N5O. The van der Waals surface area contributed by atoms with Gasteiger partial charge >= 0.3 is 0 Å². The fourth-order valence-electron chi connectivity index (χ4n) is 2.50. The van der Waals surface area contributed by atoms with E-state index < -0.39 is 0 Å². The molecule has 2 aromatic rings. The highest BCUT2D eigenvalue weighted by atomic mass is 16.5. The van der Waals surface area contributed by atoms with E-state index in [1.54, 1.807) is 4.68 Å². The van der Waals surface area contributed by atoms with Gasteiger partial charge in [0, 0.05) is 13.2 Å². The maximum Gasteiger partial charge on any atom is 0.170 e. The van der Waals surface area contributed by atoms with Crippen molar-refractivity contribution in [1.29, 1.82) is 0 Å². The Bertz CT molecular complexity index is 542. The summed E-state index contributed by atoms with van der Waals surface area (Å²) < 4.78 is 7.33. The minimum atomic E-state index is 0.340. The van der Waals surface area contributed by atoms with Crippen molar-refractivity contribution in [3.63, 3.8) is 0 Å². The summed E-state index contributed by atoms with van der Waals surface area (Å²) in [6, 6.07) is 9.92. The molecule has 1 aromatic carbocycles. The fourth-order valence-corrected chi connectivity index (χ4v) is 2.50. The van der Waals surface area contributed by atoms with Crippen LogP contribution in [0.25, 0.3) is 5.69 Å². The van der Waals surface area contributed by atoms with Crippen LogP contribution in [0, 0.1) is 5.92 Å². The van der Waals surface area contributed by atoms with Crippen LogP contribution in [0.4, 0.5) is 0 Å². The molecule has 2 heterocycles. The largest absolute Gasteiger partial charge is 0.378 e. The molecular weight excluding hydrogens is 254 g/mol. The van der Waals surface area contributed by atoms with Gasteiger partial charge in [-0.2, -0.15) is 4.68 Å². The highest BCUT2D eigenvalue weighted by molar-refractivity contribution is 5.30. The normalized spacial score (nSPS) is 22.2. The lowest BCUT2D eigenvalue weighted by atomic mass is 10.0. The van der Waals surface area contributed by atoms with Crippen LogP contribution in [0.1, 0.15) is 19.2 Å². The van der Waals surface area contributed by atoms with Gasteiger partial charge < -0.3 is 10.1 Å². The highest BCUT2D eigenvalue weighted by Crippen LogP contribution is 2.19. The van der Waals surface area contributed by atoms with E-state index in [0.29, 0.717) is 18.6 Å². The predicted molar refractivity (Wildman–Crippen MR) is 74.4 cm³/mol. The number of hydrogen-bond acceptors (Lipinski definition) is 5. The maximum absolute atomic E-state index is 5.56. The second-order valence-electron chi connectivity index (χ2n) is 5.10. The molecule has 0 spiro atoms. The van der Waals surface area contributed by atoms with Crippen LogP contribution < -0.4 is 5.32 Å². The molecule has 1 fully saturated rings. The Morgan fingerprint density at radius 3 is 2.95 bits per heavy atom. The van der Waals surface area contributed by atoms with Crippen molar-refractivity contribution < 1.29 is 4.74 Å². The molecule has 106 valence electrons. The molecule has 1 saturated heterocycles. The first-order chi connectivity index (χ1) is 9.84. The van der Waals surface area contributed by atoms with Gasteiger partial charge in [0.25, 0.3) is 0 Å². The van der Waals surface area contributed by atoms with Gasteiger partial charge in [-0.25, -0.2) is 0 Å². The summed E-state index contributed by atoms with van der Waals surface area (Å²) >= 11 is 0. The van der Waals surface area contributed by atoms with Crippen LogP contribution in [-0.2, 0) is 11.3 Å². The first-order valence-corrected chi connectivity index (χ1v) is 6.99. The molecule has 0 radical (unpaired) electrons. The number of tetrazole rings is 1. The SMILES string of the molecule is CC1OCCC1CNCc1nnnn1-c1ccccc1. The van der Waals surface area contributed by atoms with Crippen LogP contribution in [0.3, 0.4) is 0 Å². The number of aromatic nitrogens is 4. The maximum atomic E-state index is 5.56. The zero-order valence-corrected chi connectivity index (χ0v) is 11.6. The van der Waals surface area contributed by atoms with Crippen LogP contribution in [-0.4, -0.2) is 39.5 Å². The number of nitrogens with one attached hydrogen (secondary N) is 1. The van der Waals surface area contributed by atoms with Gasteiger partial charge in [-0.3, -0.25) is 0 Å². The van der Waals surface area contributed by atoms with Gasteiger partial charge in [-0.15, -0.1) is 5.10 Å². The Kier molecular flexibility index (Phi) is 4.03. The molecule has 1 aromatic heterocycles. The van der Waals surface area contributed by atoms with E-state index in [1.807, 2.05) is 30.3 Å². The van der Waals surface area contributed by atoms with E-state index in [0.717, 1.165) is 31.1 Å². The quantitative estimate of drug-likeness (QED) is 0.886. The number of ether oxygens (including phenoxy) is 1. The van der Waals surface area contributed by atoms with Crippen LogP contribution in [0.15, 0.2) is 30.3 Å². The van der Waals surface area contributed by atoms with Crippen molar-refractivity contribution in [2.24, 2.45) is 5.92 Å². The van der Waals surface area contributed by atoms with Gasteiger partial charge in [0.1, 0.15) is 0 Å². The van der Waals surface area contributed by atoms with Crippen molar-refractivity contribution >= 4 is 0 Å². The molecule has 1 aliphatic heterocycles. The number of benzene rings is 1. The third kappa shape index (κ3) is 2.86. The Balaban J connectivity index is 1.60. The fraction of sp³-hybridized carbons (Fsp3) is 0.500. The van der Waals surface area contributed by atoms with E-state index in [-0.39, 0.29) is 0 Å². The molecule has 0 bridgehead atoms. The van der Waals surface area contributed by atoms with Crippen LogP contribution in [0.2, 0.25) is 0 Å². The van der Waals surface area contributed by atoms with Crippen LogP contribution in [0.5, 0.6) is 0 Å². The lowest BCUT2D eigenvalue weighted by Crippen LogP contribution is -2.27. The van der Waals surface area contributed by atoms with Gasteiger partial charge in [0.05, 0.1) is 18.3 Å². The molecule has 0 aliphatic carbocycles. The monoisotopic (exact) mass is 273 g/mol. The first kappa shape index (κ1) is 13.2. The number of nitrogens with zero attached hydrogens (tertiary/aromatic N) is 4. The van der Waals surface area contributed by atoms with Gasteiger partial charge in [-0.05, 0) is 41.8 Å². The summed E-state index contributed by atoms with van der Waals surface area (Å²) in [6.07, 6.45) is 1.46. The third-order valence-corrected chi connectivity index (χ3v) is 3.76. The Morgan fingerprint density at radius 1 is 1.35 bits per heavy atom. The molecule has 3 rings (SSSR count). The minimum Gasteiger partial charge on any atom is -0.378 e. The molecule has 2 atom stereocenters. The molecule has 20 heavy (non-hydrogen) atoms. The van der Waals surface area contributed by atoms with Crippen molar-refractivity contribution in [3.05, 3.63) is 36.2 Å². The average Bonchev–Trinajstić information content (AvgIpc) is 3.10. The number of para-hydroxylation sites is 1. The van der Waals surface area contributed by atoms with Crippen molar-refractivity contribution in [2.75, 3.05) is 13.2 Å². The third-order valence-electron chi connectivity index (χ3n) is 3.76. The standard InChI is InChI=1S/C14H19N5O/c1-11-12(7-8-20-11)9-15-10-14-16-17-18-19(14)13-5-3-2-4-6-13/h2-6,11-12,15H,7-10H2,1H3. The van der Waals surface area contributed by atoms with Crippen molar-refractivity contribution in [2.45, 2.75) is 26.0 Å². The van der Waals surface area contributed by atoms with E-state index in [4.69, 9.17) is 4.74 Å². The zero-order chi connectivity index (χ0) is 13.8. The van der Waals surface area contributed by atoms with Gasteiger partial charge in [0.2, 0.25) is 0 Å². The first-order valence-electron chi connectivity index (χ1n) is 6.99. The highest BCUT2D eigenvalue weighted by Gasteiger charge is 2.23. The summed E-state index contributed by atoms with van der Waals surface area (Å²) in [6.45, 7) is 4.59. The van der Waals surface area contributed by atoms with E-state index in [1.165, 1.54) is 0 Å². The van der Waals surface area contributed by atoms with E-state index in [2.05, 4.69) is 27.8 Å². The Hall–Kier alpha value is -1.79. The summed E-state index contributed by atoms with van der Waals surface area (Å²) in [4.78, 5) is 0.